The van der Waals surface area contributed by atoms with Gasteiger partial charge in [0.05, 0.1) is 5.69 Å². The van der Waals surface area contributed by atoms with Gasteiger partial charge in [-0.15, -0.1) is 6.58 Å². The molecule has 3 heteroatoms. The molecule has 0 aliphatic carbocycles. The van der Waals surface area contributed by atoms with Gasteiger partial charge in [0.2, 0.25) is 0 Å². The number of nitrogens with zero attached hydrogens (tertiary/aromatic N) is 1. The van der Waals surface area contributed by atoms with Gasteiger partial charge in [0.15, 0.2) is 0 Å². The SMILES string of the molecule is C=CC(CCC)c1c(C)n[nH]c1C.C=CNC. The van der Waals surface area contributed by atoms with Crippen molar-refractivity contribution in [1.82, 2.24) is 15.5 Å². The van der Waals surface area contributed by atoms with Crippen molar-refractivity contribution in [2.24, 2.45) is 0 Å². The summed E-state index contributed by atoms with van der Waals surface area (Å²) in [7, 11) is 1.81. The van der Waals surface area contributed by atoms with Crippen LogP contribution in [-0.4, -0.2) is 17.2 Å². The van der Waals surface area contributed by atoms with Crippen molar-refractivity contribution in [3.8, 4) is 0 Å². The predicted molar refractivity (Wildman–Crippen MR) is 75.2 cm³/mol. The summed E-state index contributed by atoms with van der Waals surface area (Å²) in [6, 6.07) is 0. The van der Waals surface area contributed by atoms with Crippen LogP contribution in [0.25, 0.3) is 0 Å². The van der Waals surface area contributed by atoms with Gasteiger partial charge in [-0.05, 0) is 26.5 Å². The van der Waals surface area contributed by atoms with Gasteiger partial charge >= 0.3 is 0 Å². The molecule has 17 heavy (non-hydrogen) atoms. The van der Waals surface area contributed by atoms with E-state index in [2.05, 4.69) is 42.5 Å². The monoisotopic (exact) mass is 235 g/mol. The van der Waals surface area contributed by atoms with Crippen LogP contribution in [0.1, 0.15) is 42.6 Å². The van der Waals surface area contributed by atoms with Crippen LogP contribution in [0.2, 0.25) is 0 Å². The first-order chi connectivity index (χ1) is 8.12. The highest BCUT2D eigenvalue weighted by atomic mass is 15.1. The van der Waals surface area contributed by atoms with E-state index in [1.807, 2.05) is 20.0 Å². The predicted octanol–water partition coefficient (Wildman–Crippen LogP) is 3.45. The summed E-state index contributed by atoms with van der Waals surface area (Å²) in [5, 5.41) is 9.90. The summed E-state index contributed by atoms with van der Waals surface area (Å²) in [6.45, 7) is 13.6. The molecule has 0 saturated carbocycles. The van der Waals surface area contributed by atoms with Crippen LogP contribution in [0.5, 0.6) is 0 Å². The Morgan fingerprint density at radius 2 is 2.00 bits per heavy atom. The molecule has 1 unspecified atom stereocenters. The summed E-state index contributed by atoms with van der Waals surface area (Å²) in [5.41, 5.74) is 3.61. The number of aromatic nitrogens is 2. The largest absolute Gasteiger partial charge is 0.394 e. The van der Waals surface area contributed by atoms with Crippen LogP contribution in [0.4, 0.5) is 0 Å². The fraction of sp³-hybridized carbons (Fsp3) is 0.500. The molecule has 0 radical (unpaired) electrons. The molecule has 1 aromatic heterocycles. The van der Waals surface area contributed by atoms with E-state index in [4.69, 9.17) is 0 Å². The molecule has 0 aliphatic rings. The molecule has 1 atom stereocenters. The molecule has 0 fully saturated rings. The molecule has 1 rings (SSSR count). The molecule has 0 spiro atoms. The van der Waals surface area contributed by atoms with Crippen LogP contribution < -0.4 is 5.32 Å². The molecule has 96 valence electrons. The van der Waals surface area contributed by atoms with Gasteiger partial charge in [-0.25, -0.2) is 0 Å². The van der Waals surface area contributed by atoms with Crippen LogP contribution in [0, 0.1) is 13.8 Å². The third-order valence-corrected chi connectivity index (χ3v) is 2.64. The summed E-state index contributed by atoms with van der Waals surface area (Å²) < 4.78 is 0. The standard InChI is InChI=1S/C11H18N2.C3H7N/c1-5-7-10(6-2)11-8(3)12-13-9(11)4;1-3-4-2/h6,10H,2,5,7H2,1,3-4H3,(H,12,13);3-4H,1H2,2H3. The Hall–Kier alpha value is -1.51. The lowest BCUT2D eigenvalue weighted by Gasteiger charge is -2.11. The van der Waals surface area contributed by atoms with Crippen LogP contribution >= 0.6 is 0 Å². The molecule has 0 saturated heterocycles. The number of allylic oxidation sites excluding steroid dienone is 1. The first-order valence-electron chi connectivity index (χ1n) is 6.04. The van der Waals surface area contributed by atoms with Gasteiger partial charge in [-0.1, -0.05) is 26.0 Å². The summed E-state index contributed by atoms with van der Waals surface area (Å²) >= 11 is 0. The van der Waals surface area contributed by atoms with Crippen molar-refractivity contribution >= 4 is 0 Å². The van der Waals surface area contributed by atoms with Gasteiger partial charge in [0, 0.05) is 24.2 Å². The molecule has 3 nitrogen and oxygen atoms in total. The van der Waals surface area contributed by atoms with E-state index in [0.29, 0.717) is 5.92 Å². The zero-order valence-electron chi connectivity index (χ0n) is 11.5. The molecule has 1 heterocycles. The van der Waals surface area contributed by atoms with Gasteiger partial charge < -0.3 is 5.32 Å². The minimum Gasteiger partial charge on any atom is -0.394 e. The highest BCUT2D eigenvalue weighted by Crippen LogP contribution is 2.26. The van der Waals surface area contributed by atoms with E-state index in [-0.39, 0.29) is 0 Å². The Labute approximate surface area is 105 Å². The zero-order chi connectivity index (χ0) is 13.3. The second kappa shape index (κ2) is 8.62. The maximum absolute atomic E-state index is 4.19. The molecule has 0 aliphatic heterocycles. The van der Waals surface area contributed by atoms with Gasteiger partial charge in [0.25, 0.3) is 0 Å². The maximum atomic E-state index is 4.19. The number of hydrogen-bond acceptors (Lipinski definition) is 2. The second-order valence-corrected chi connectivity index (χ2v) is 3.97. The number of hydrogen-bond donors (Lipinski definition) is 2. The second-order valence-electron chi connectivity index (χ2n) is 3.97. The van der Waals surface area contributed by atoms with Crippen molar-refractivity contribution in [1.29, 1.82) is 0 Å². The number of nitrogens with one attached hydrogen (secondary N) is 2. The molecule has 1 aromatic rings. The Morgan fingerprint density at radius 1 is 1.41 bits per heavy atom. The normalized spacial score (nSPS) is 11.1. The van der Waals surface area contributed by atoms with Crippen molar-refractivity contribution < 1.29 is 0 Å². The number of rotatable bonds is 5. The van der Waals surface area contributed by atoms with E-state index >= 15 is 0 Å². The molecule has 0 bridgehead atoms. The Morgan fingerprint density at radius 3 is 2.29 bits per heavy atom. The lowest BCUT2D eigenvalue weighted by Crippen LogP contribution is -1.97. The molecular formula is C14H25N3. The van der Waals surface area contributed by atoms with Gasteiger partial charge in [0.1, 0.15) is 0 Å². The Bertz CT molecular complexity index is 320. The first kappa shape index (κ1) is 15.5. The zero-order valence-corrected chi connectivity index (χ0v) is 11.5. The lowest BCUT2D eigenvalue weighted by molar-refractivity contribution is 0.711. The van der Waals surface area contributed by atoms with E-state index in [1.165, 1.54) is 17.7 Å². The van der Waals surface area contributed by atoms with Gasteiger partial charge in [-0.2, -0.15) is 5.10 Å². The van der Waals surface area contributed by atoms with Crippen molar-refractivity contribution in [3.63, 3.8) is 0 Å². The van der Waals surface area contributed by atoms with Crippen molar-refractivity contribution in [3.05, 3.63) is 42.4 Å². The van der Waals surface area contributed by atoms with E-state index < -0.39 is 0 Å². The fourth-order valence-corrected chi connectivity index (χ4v) is 1.80. The minimum absolute atomic E-state index is 0.462. The number of aromatic amines is 1. The summed E-state index contributed by atoms with van der Waals surface area (Å²) in [4.78, 5) is 0. The van der Waals surface area contributed by atoms with E-state index in [9.17, 15) is 0 Å². The maximum Gasteiger partial charge on any atom is 0.0631 e. The Kier molecular flexibility index (Phi) is 7.85. The third-order valence-electron chi connectivity index (χ3n) is 2.64. The summed E-state index contributed by atoms with van der Waals surface area (Å²) in [6.07, 6.45) is 5.99. The molecule has 0 amide bonds. The average molecular weight is 235 g/mol. The van der Waals surface area contributed by atoms with Crippen molar-refractivity contribution in [2.75, 3.05) is 7.05 Å². The Balaban J connectivity index is 0.000000557. The highest BCUT2D eigenvalue weighted by molar-refractivity contribution is 5.30. The topological polar surface area (TPSA) is 40.7 Å². The van der Waals surface area contributed by atoms with Gasteiger partial charge in [-0.3, -0.25) is 5.10 Å². The smallest absolute Gasteiger partial charge is 0.0631 e. The lowest BCUT2D eigenvalue weighted by atomic mass is 9.93. The minimum atomic E-state index is 0.462. The third kappa shape index (κ3) is 4.89. The molecule has 0 aromatic carbocycles. The van der Waals surface area contributed by atoms with Crippen LogP contribution in [0.15, 0.2) is 25.4 Å². The first-order valence-corrected chi connectivity index (χ1v) is 6.04. The number of aryl methyl sites for hydroxylation is 2. The van der Waals surface area contributed by atoms with Crippen LogP contribution in [-0.2, 0) is 0 Å². The van der Waals surface area contributed by atoms with E-state index in [0.717, 1.165) is 12.1 Å². The molecular weight excluding hydrogens is 210 g/mol. The summed E-state index contributed by atoms with van der Waals surface area (Å²) in [5.74, 6) is 0.462. The fourth-order valence-electron chi connectivity index (χ4n) is 1.80. The number of H-pyrrole nitrogens is 1. The average Bonchev–Trinajstić information content (AvgIpc) is 2.67. The molecule has 2 N–H and O–H groups in total. The quantitative estimate of drug-likeness (QED) is 0.767. The van der Waals surface area contributed by atoms with E-state index in [1.54, 1.807) is 6.20 Å². The van der Waals surface area contributed by atoms with Crippen molar-refractivity contribution in [2.45, 2.75) is 39.5 Å². The van der Waals surface area contributed by atoms with Crippen LogP contribution in [0.3, 0.4) is 0 Å². The highest BCUT2D eigenvalue weighted by Gasteiger charge is 2.14.